The van der Waals surface area contributed by atoms with E-state index in [0.29, 0.717) is 12.2 Å². The molecule has 0 saturated heterocycles. The minimum Gasteiger partial charge on any atom is -0.501 e. The fraction of sp³-hybridized carbons (Fsp3) is 0.625. The van der Waals surface area contributed by atoms with E-state index in [1.807, 2.05) is 0 Å². The van der Waals surface area contributed by atoms with E-state index in [0.717, 1.165) is 6.42 Å². The molecule has 1 fully saturated rings. The summed E-state index contributed by atoms with van der Waals surface area (Å²) in [5.74, 6) is 0.0958. The Morgan fingerprint density at radius 2 is 2.45 bits per heavy atom. The molecular formula is C8H10O3. The van der Waals surface area contributed by atoms with Gasteiger partial charge in [0, 0.05) is 17.9 Å². The minimum atomic E-state index is -0.461. The molecule has 0 amide bonds. The van der Waals surface area contributed by atoms with Gasteiger partial charge in [0.05, 0.1) is 19.0 Å². The number of carbonyl (C=O) groups is 1. The van der Waals surface area contributed by atoms with Crippen molar-refractivity contribution < 1.29 is 14.6 Å². The maximum atomic E-state index is 11.1. The topological polar surface area (TPSA) is 46.5 Å². The van der Waals surface area contributed by atoms with Crippen LogP contribution < -0.4 is 0 Å². The molecule has 2 rings (SSSR count). The van der Waals surface area contributed by atoms with Crippen molar-refractivity contribution in [3.63, 3.8) is 0 Å². The summed E-state index contributed by atoms with van der Waals surface area (Å²) in [5.41, 5.74) is 0.684. The third-order valence-corrected chi connectivity index (χ3v) is 2.34. The van der Waals surface area contributed by atoms with Crippen molar-refractivity contribution in [1.82, 2.24) is 0 Å². The molecule has 0 aromatic carbocycles. The highest BCUT2D eigenvalue weighted by molar-refractivity contribution is 5.98. The summed E-state index contributed by atoms with van der Waals surface area (Å²) in [4.78, 5) is 11.1. The fourth-order valence-corrected chi connectivity index (χ4v) is 1.71. The van der Waals surface area contributed by atoms with Gasteiger partial charge in [0.25, 0.3) is 0 Å². The van der Waals surface area contributed by atoms with Crippen LogP contribution in [0.1, 0.15) is 12.8 Å². The molecule has 0 unspecified atom stereocenters. The summed E-state index contributed by atoms with van der Waals surface area (Å²) in [6.45, 7) is 0.624. The van der Waals surface area contributed by atoms with Crippen LogP contribution in [0, 0.1) is 5.92 Å². The molecule has 0 bridgehead atoms. The Bertz CT molecular complexity index is 219. The number of rotatable bonds is 0. The average molecular weight is 154 g/mol. The molecule has 1 heterocycles. The predicted octanol–water partition coefficient (Wildman–Crippen LogP) is 0.240. The molecule has 3 heteroatoms. The van der Waals surface area contributed by atoms with Gasteiger partial charge in [-0.05, 0) is 6.42 Å². The zero-order valence-corrected chi connectivity index (χ0v) is 6.12. The van der Waals surface area contributed by atoms with E-state index in [9.17, 15) is 9.90 Å². The quantitative estimate of drug-likeness (QED) is 0.543. The average Bonchev–Trinajstić information content (AvgIpc) is 2.30. The Kier molecular flexibility index (Phi) is 1.46. The Balaban J connectivity index is 2.29. The fourth-order valence-electron chi connectivity index (χ4n) is 1.71. The lowest BCUT2D eigenvalue weighted by atomic mass is 9.97. The van der Waals surface area contributed by atoms with E-state index in [1.165, 1.54) is 6.26 Å². The molecular weight excluding hydrogens is 144 g/mol. The van der Waals surface area contributed by atoms with E-state index in [2.05, 4.69) is 0 Å². The van der Waals surface area contributed by atoms with Gasteiger partial charge in [-0.15, -0.1) is 0 Å². The third-order valence-electron chi connectivity index (χ3n) is 2.34. The number of aliphatic hydroxyl groups is 1. The second-order valence-corrected chi connectivity index (χ2v) is 3.03. The van der Waals surface area contributed by atoms with E-state index in [4.69, 9.17) is 4.74 Å². The van der Waals surface area contributed by atoms with E-state index in [1.54, 1.807) is 0 Å². The highest BCUT2D eigenvalue weighted by Gasteiger charge is 2.38. The van der Waals surface area contributed by atoms with E-state index >= 15 is 0 Å². The molecule has 11 heavy (non-hydrogen) atoms. The zero-order valence-electron chi connectivity index (χ0n) is 6.12. The second-order valence-electron chi connectivity index (χ2n) is 3.03. The van der Waals surface area contributed by atoms with Gasteiger partial charge in [-0.3, -0.25) is 4.79 Å². The Hall–Kier alpha value is -0.830. The van der Waals surface area contributed by atoms with E-state index < -0.39 is 6.10 Å². The van der Waals surface area contributed by atoms with Crippen LogP contribution >= 0.6 is 0 Å². The molecule has 3 nitrogen and oxygen atoms in total. The normalized spacial score (nSPS) is 36.1. The highest BCUT2D eigenvalue weighted by Crippen LogP contribution is 2.33. The van der Waals surface area contributed by atoms with Crippen LogP contribution in [-0.4, -0.2) is 23.6 Å². The van der Waals surface area contributed by atoms with Crippen molar-refractivity contribution in [1.29, 1.82) is 0 Å². The Morgan fingerprint density at radius 1 is 1.64 bits per heavy atom. The van der Waals surface area contributed by atoms with Gasteiger partial charge >= 0.3 is 0 Å². The van der Waals surface area contributed by atoms with Crippen molar-refractivity contribution in [3.05, 3.63) is 11.8 Å². The van der Waals surface area contributed by atoms with Gasteiger partial charge in [0.15, 0.2) is 5.78 Å². The molecule has 2 aliphatic rings. The van der Waals surface area contributed by atoms with Crippen LogP contribution in [0.3, 0.4) is 0 Å². The molecule has 0 radical (unpaired) electrons. The van der Waals surface area contributed by atoms with Crippen molar-refractivity contribution >= 4 is 5.78 Å². The molecule has 2 atom stereocenters. The summed E-state index contributed by atoms with van der Waals surface area (Å²) >= 11 is 0. The lowest BCUT2D eigenvalue weighted by Gasteiger charge is -2.18. The number of hydrogen-bond donors (Lipinski definition) is 1. The molecule has 1 aliphatic heterocycles. The van der Waals surface area contributed by atoms with Gasteiger partial charge in [0.2, 0.25) is 0 Å². The first-order valence-corrected chi connectivity index (χ1v) is 3.82. The molecule has 1 aliphatic carbocycles. The molecule has 0 aromatic rings. The zero-order chi connectivity index (χ0) is 7.84. The van der Waals surface area contributed by atoms with Gasteiger partial charge < -0.3 is 9.84 Å². The number of ketones is 1. The van der Waals surface area contributed by atoms with Crippen LogP contribution in [0.15, 0.2) is 11.8 Å². The van der Waals surface area contributed by atoms with Crippen molar-refractivity contribution in [2.75, 3.05) is 6.61 Å². The Labute approximate surface area is 64.7 Å². The first-order chi connectivity index (χ1) is 5.29. The number of hydrogen-bond acceptors (Lipinski definition) is 3. The number of fused-ring (bicyclic) bond motifs is 1. The minimum absolute atomic E-state index is 0.0437. The standard InChI is InChI=1S/C8H10O3/c9-7-3-8(10)6-4-11-2-1-5(6)7/h4-5,7,9H,1-3H2/t5-,7-/m1/s1. The lowest BCUT2D eigenvalue weighted by molar-refractivity contribution is -0.115. The van der Waals surface area contributed by atoms with Crippen LogP contribution in [0.2, 0.25) is 0 Å². The molecule has 0 aromatic heterocycles. The maximum absolute atomic E-state index is 11.1. The predicted molar refractivity (Wildman–Crippen MR) is 37.8 cm³/mol. The smallest absolute Gasteiger partial charge is 0.164 e. The van der Waals surface area contributed by atoms with Crippen LogP contribution in [-0.2, 0) is 9.53 Å². The largest absolute Gasteiger partial charge is 0.501 e. The summed E-state index contributed by atoms with van der Waals surface area (Å²) < 4.78 is 5.01. The van der Waals surface area contributed by atoms with Gasteiger partial charge in [0.1, 0.15) is 0 Å². The molecule has 1 N–H and O–H groups in total. The number of Topliss-reactive ketones (excluding diaryl/α,β-unsaturated/α-hetero) is 1. The van der Waals surface area contributed by atoms with Gasteiger partial charge in [-0.25, -0.2) is 0 Å². The maximum Gasteiger partial charge on any atom is 0.164 e. The second kappa shape index (κ2) is 2.34. The van der Waals surface area contributed by atoms with E-state index in [-0.39, 0.29) is 18.1 Å². The summed E-state index contributed by atoms with van der Waals surface area (Å²) in [6.07, 6.45) is 2.10. The van der Waals surface area contributed by atoms with Crippen molar-refractivity contribution in [3.8, 4) is 0 Å². The molecule has 0 spiro atoms. The summed E-state index contributed by atoms with van der Waals surface area (Å²) in [7, 11) is 0. The third kappa shape index (κ3) is 0.959. The first kappa shape index (κ1) is 6.85. The van der Waals surface area contributed by atoms with Crippen LogP contribution in [0.5, 0.6) is 0 Å². The monoisotopic (exact) mass is 154 g/mol. The van der Waals surface area contributed by atoms with Crippen LogP contribution in [0.25, 0.3) is 0 Å². The lowest BCUT2D eigenvalue weighted by Crippen LogP contribution is -2.19. The molecule has 60 valence electrons. The highest BCUT2D eigenvalue weighted by atomic mass is 16.5. The van der Waals surface area contributed by atoms with Crippen LogP contribution in [0.4, 0.5) is 0 Å². The Morgan fingerprint density at radius 3 is 3.18 bits per heavy atom. The van der Waals surface area contributed by atoms with Gasteiger partial charge in [-0.2, -0.15) is 0 Å². The van der Waals surface area contributed by atoms with Crippen molar-refractivity contribution in [2.45, 2.75) is 18.9 Å². The summed E-state index contributed by atoms with van der Waals surface area (Å²) in [6, 6.07) is 0. The van der Waals surface area contributed by atoms with Gasteiger partial charge in [-0.1, -0.05) is 0 Å². The SMILES string of the molecule is O=C1C[C@@H](O)[C@@H]2CCOC=C12. The summed E-state index contributed by atoms with van der Waals surface area (Å²) in [5, 5.41) is 9.38. The van der Waals surface area contributed by atoms with Crippen molar-refractivity contribution in [2.24, 2.45) is 5.92 Å². The number of aliphatic hydroxyl groups excluding tert-OH is 1. The number of ether oxygens (including phenoxy) is 1. The first-order valence-electron chi connectivity index (χ1n) is 3.82. The number of carbonyl (C=O) groups excluding carboxylic acids is 1. The molecule has 1 saturated carbocycles.